The molecule has 0 radical (unpaired) electrons. The van der Waals surface area contributed by atoms with E-state index in [0.717, 1.165) is 67.8 Å². The van der Waals surface area contributed by atoms with Gasteiger partial charge in [-0.15, -0.1) is 0 Å². The lowest BCUT2D eigenvalue weighted by molar-refractivity contribution is 1.17. The first kappa shape index (κ1) is 54.3. The van der Waals surface area contributed by atoms with Crippen LogP contribution in [0.3, 0.4) is 0 Å². The maximum Gasteiger partial charge on any atom is 0.252 e. The smallest absolute Gasteiger partial charge is 0.252 e. The van der Waals surface area contributed by atoms with E-state index in [2.05, 4.69) is 377 Å². The van der Waals surface area contributed by atoms with Gasteiger partial charge in [-0.2, -0.15) is 0 Å². The van der Waals surface area contributed by atoms with Crippen LogP contribution in [0.2, 0.25) is 0 Å². The summed E-state index contributed by atoms with van der Waals surface area (Å²) in [6.07, 6.45) is 0. The maximum absolute atomic E-state index is 2.59. The largest absolute Gasteiger partial charge is 0.311 e. The Bertz CT molecular complexity index is 5290. The lowest BCUT2D eigenvalue weighted by Gasteiger charge is -2.45. The maximum atomic E-state index is 2.59. The molecular weight excluding hydrogens is 1150 g/mol. The second kappa shape index (κ2) is 22.2. The van der Waals surface area contributed by atoms with Crippen LogP contribution in [0.15, 0.2) is 358 Å². The number of aromatic nitrogens is 2. The van der Waals surface area contributed by atoms with Gasteiger partial charge in [0.25, 0.3) is 6.71 Å². The van der Waals surface area contributed by atoms with E-state index < -0.39 is 0 Å². The summed E-state index contributed by atoms with van der Waals surface area (Å²) in [7, 11) is 0. The summed E-state index contributed by atoms with van der Waals surface area (Å²) in [5.74, 6) is 0. The Balaban J connectivity index is 0.905. The molecule has 0 amide bonds. The summed E-state index contributed by atoms with van der Waals surface area (Å²) in [4.78, 5) is 5.18. The van der Waals surface area contributed by atoms with Gasteiger partial charge in [0.2, 0.25) is 0 Å². The molecule has 0 N–H and O–H groups in total. The molecule has 19 rings (SSSR count). The molecule has 0 spiro atoms. The van der Waals surface area contributed by atoms with Crippen molar-refractivity contribution in [3.8, 4) is 78.1 Å². The lowest BCUT2D eigenvalue weighted by Crippen LogP contribution is -2.61. The molecule has 95 heavy (non-hydrogen) atoms. The number of para-hydroxylation sites is 6. The zero-order chi connectivity index (χ0) is 62.5. The molecule has 5 heteroatoms. The fourth-order valence-corrected chi connectivity index (χ4v) is 15.7. The van der Waals surface area contributed by atoms with E-state index in [1.807, 2.05) is 0 Å². The Hall–Kier alpha value is -12.4. The zero-order valence-electron chi connectivity index (χ0n) is 51.9. The molecule has 0 saturated heterocycles. The van der Waals surface area contributed by atoms with E-state index in [1.54, 1.807) is 0 Å². The quantitative estimate of drug-likeness (QED) is 0.127. The van der Waals surface area contributed by atoms with Crippen molar-refractivity contribution < 1.29 is 0 Å². The van der Waals surface area contributed by atoms with Gasteiger partial charge in [-0.25, -0.2) is 0 Å². The van der Waals surface area contributed by atoms with Crippen molar-refractivity contribution in [2.24, 2.45) is 0 Å². The van der Waals surface area contributed by atoms with Crippen molar-refractivity contribution in [1.82, 2.24) is 9.13 Å². The first-order valence-electron chi connectivity index (χ1n) is 32.8. The minimum absolute atomic E-state index is 0.226. The van der Waals surface area contributed by atoms with E-state index in [0.29, 0.717) is 0 Å². The predicted molar refractivity (Wildman–Crippen MR) is 402 cm³/mol. The van der Waals surface area contributed by atoms with Gasteiger partial charge in [-0.05, 0) is 193 Å². The summed E-state index contributed by atoms with van der Waals surface area (Å²) < 4.78 is 4.97. The van der Waals surface area contributed by atoms with Crippen LogP contribution in [0.25, 0.3) is 122 Å². The lowest BCUT2D eigenvalue weighted by atomic mass is 9.33. The molecule has 0 aliphatic carbocycles. The van der Waals surface area contributed by atoms with Crippen LogP contribution in [0.5, 0.6) is 0 Å². The molecule has 2 aromatic heterocycles. The van der Waals surface area contributed by atoms with E-state index in [9.17, 15) is 0 Å². The summed E-state index contributed by atoms with van der Waals surface area (Å²) in [6.45, 7) is -0.226. The van der Waals surface area contributed by atoms with Gasteiger partial charge in [0.15, 0.2) is 0 Å². The van der Waals surface area contributed by atoms with E-state index in [4.69, 9.17) is 0 Å². The predicted octanol–water partition coefficient (Wildman–Crippen LogP) is 22.0. The molecular formula is C90H59BN4. The second-order valence-electron chi connectivity index (χ2n) is 25.1. The van der Waals surface area contributed by atoms with Crippen LogP contribution in [0.1, 0.15) is 0 Å². The van der Waals surface area contributed by atoms with Gasteiger partial charge in [-0.1, -0.05) is 237 Å². The number of hydrogen-bond acceptors (Lipinski definition) is 2. The third-order valence-electron chi connectivity index (χ3n) is 19.8. The summed E-state index contributed by atoms with van der Waals surface area (Å²) in [6, 6.07) is 133. The van der Waals surface area contributed by atoms with Crippen molar-refractivity contribution in [3.63, 3.8) is 0 Å². The van der Waals surface area contributed by atoms with Gasteiger partial charge in [-0.3, -0.25) is 0 Å². The van der Waals surface area contributed by atoms with Gasteiger partial charge >= 0.3 is 0 Å². The Kier molecular flexibility index (Phi) is 12.7. The summed E-state index contributed by atoms with van der Waals surface area (Å²) in [5.41, 5.74) is 31.2. The third kappa shape index (κ3) is 8.85. The van der Waals surface area contributed by atoms with Crippen LogP contribution >= 0.6 is 0 Å². The number of anilines is 6. The van der Waals surface area contributed by atoms with Crippen LogP contribution < -0.4 is 26.2 Å². The minimum Gasteiger partial charge on any atom is -0.311 e. The fraction of sp³-hybridized carbons (Fsp3) is 0. The normalized spacial score (nSPS) is 12.4. The molecule has 0 atom stereocenters. The highest BCUT2D eigenvalue weighted by molar-refractivity contribution is 7.00. The molecule has 0 bridgehead atoms. The number of rotatable bonds is 10. The van der Waals surface area contributed by atoms with E-state index in [1.165, 1.54) is 105 Å². The Morgan fingerprint density at radius 1 is 0.189 bits per heavy atom. The molecule has 4 nitrogen and oxygen atoms in total. The van der Waals surface area contributed by atoms with Crippen molar-refractivity contribution in [3.05, 3.63) is 358 Å². The average molecular weight is 1210 g/mol. The average Bonchev–Trinajstić information content (AvgIpc) is 0.876. The molecule has 442 valence electrons. The third-order valence-corrected chi connectivity index (χ3v) is 19.8. The summed E-state index contributed by atoms with van der Waals surface area (Å²) >= 11 is 0. The molecule has 2 aliphatic rings. The van der Waals surface area contributed by atoms with Crippen molar-refractivity contribution >= 4 is 101 Å². The second-order valence-corrected chi connectivity index (χ2v) is 25.1. The molecule has 0 saturated carbocycles. The number of hydrogen-bond donors (Lipinski definition) is 0. The van der Waals surface area contributed by atoms with Crippen LogP contribution in [0, 0.1) is 0 Å². The molecule has 2 aliphatic heterocycles. The molecule has 17 aromatic rings. The van der Waals surface area contributed by atoms with Crippen LogP contribution in [-0.2, 0) is 0 Å². The molecule has 15 aromatic carbocycles. The Morgan fingerprint density at radius 2 is 0.474 bits per heavy atom. The molecule has 4 heterocycles. The zero-order valence-corrected chi connectivity index (χ0v) is 51.9. The van der Waals surface area contributed by atoms with Crippen LogP contribution in [-0.4, -0.2) is 15.8 Å². The first-order chi connectivity index (χ1) is 47.1. The highest BCUT2D eigenvalue weighted by atomic mass is 15.2. The molecule has 0 fully saturated rings. The topological polar surface area (TPSA) is 16.3 Å². The Morgan fingerprint density at radius 3 is 0.821 bits per heavy atom. The number of fused-ring (bicyclic) bond motifs is 10. The standard InChI is InChI=1S/C90H59BN4/c1-5-26-60(27-6-1)64-52-65(61-28-7-2-8-29-61)55-68(54-64)72-34-13-19-40-80(72)94-86-50-48-70(92-82-42-21-15-36-74(82)75-37-16-22-43-83(75)92)58-78(86)91-79-59-71(93-84-44-23-17-38-76(84)77-39-18-24-45-85(77)93)49-51-87(79)95(89-47-25-46-88(94)90(89)91)81-41-20-14-35-73(81)69-56-66(62-30-9-3-10-31-62)53-67(57-69)63-32-11-4-12-33-63/h1-59H. The number of benzene rings is 15. The van der Waals surface area contributed by atoms with E-state index >= 15 is 0 Å². The SMILES string of the molecule is c1ccc(-c2cc(-c3ccccc3)cc(-c3ccccc3N3c4ccc(-n5c6ccccc6c6ccccc65)cc4B4c5cc(-n6c7ccccc7c7ccccc76)ccc5N(c5ccccc5-c5cc(-c6ccccc6)cc(-c6ccccc6)c5)c5cccc3c54)c2)cc1. The van der Waals surface area contributed by atoms with Crippen molar-refractivity contribution in [2.75, 3.05) is 9.80 Å². The van der Waals surface area contributed by atoms with E-state index in [-0.39, 0.29) is 6.71 Å². The van der Waals surface area contributed by atoms with Gasteiger partial charge in [0.05, 0.1) is 33.4 Å². The van der Waals surface area contributed by atoms with Gasteiger partial charge in [0, 0.05) is 66.8 Å². The Labute approximate surface area is 552 Å². The van der Waals surface area contributed by atoms with Crippen molar-refractivity contribution in [1.29, 1.82) is 0 Å². The first-order valence-corrected chi connectivity index (χ1v) is 32.8. The van der Waals surface area contributed by atoms with Crippen molar-refractivity contribution in [2.45, 2.75) is 0 Å². The highest BCUT2D eigenvalue weighted by Gasteiger charge is 2.44. The van der Waals surface area contributed by atoms with Crippen LogP contribution in [0.4, 0.5) is 34.1 Å². The minimum atomic E-state index is -0.226. The highest BCUT2D eigenvalue weighted by Crippen LogP contribution is 2.50. The monoisotopic (exact) mass is 1210 g/mol. The van der Waals surface area contributed by atoms with Gasteiger partial charge < -0.3 is 18.9 Å². The number of nitrogens with zero attached hydrogens (tertiary/aromatic N) is 4. The molecule has 0 unspecified atom stereocenters. The summed E-state index contributed by atoms with van der Waals surface area (Å²) in [5, 5.41) is 4.93. The van der Waals surface area contributed by atoms with Gasteiger partial charge in [0.1, 0.15) is 0 Å². The fourth-order valence-electron chi connectivity index (χ4n) is 15.7.